The maximum absolute atomic E-state index is 12.0. The summed E-state index contributed by atoms with van der Waals surface area (Å²) >= 11 is 0. The van der Waals surface area contributed by atoms with E-state index in [9.17, 15) is 4.79 Å². The maximum Gasteiger partial charge on any atom is 0.138 e. The Kier molecular flexibility index (Phi) is 3.95. The van der Waals surface area contributed by atoms with Crippen molar-refractivity contribution in [3.05, 3.63) is 34.9 Å². The van der Waals surface area contributed by atoms with Crippen molar-refractivity contribution in [3.8, 4) is 0 Å². The standard InChI is InChI=1S/C15H21NO/c1-11-6-12(2)8-13(7-11)9-15(17)10-14-4-3-5-16-14/h6-8,14,16H,3-5,9-10H2,1-2H3. The van der Waals surface area contributed by atoms with E-state index >= 15 is 0 Å². The normalized spacial score (nSPS) is 19.5. The van der Waals surface area contributed by atoms with Crippen molar-refractivity contribution in [2.24, 2.45) is 0 Å². The van der Waals surface area contributed by atoms with Crippen LogP contribution in [-0.2, 0) is 11.2 Å². The second-order valence-corrected chi connectivity index (χ2v) is 5.21. The third-order valence-corrected chi connectivity index (χ3v) is 3.32. The number of carbonyl (C=O) groups excluding carboxylic acids is 1. The lowest BCUT2D eigenvalue weighted by Crippen LogP contribution is -2.25. The molecule has 17 heavy (non-hydrogen) atoms. The van der Waals surface area contributed by atoms with Crippen molar-refractivity contribution in [1.29, 1.82) is 0 Å². The summed E-state index contributed by atoms with van der Waals surface area (Å²) in [6.45, 7) is 5.24. The lowest BCUT2D eigenvalue weighted by molar-refractivity contribution is -0.118. The smallest absolute Gasteiger partial charge is 0.138 e. The van der Waals surface area contributed by atoms with Gasteiger partial charge in [-0.25, -0.2) is 0 Å². The Balaban J connectivity index is 1.92. The zero-order chi connectivity index (χ0) is 12.3. The molecule has 1 fully saturated rings. The Bertz CT molecular complexity index is 385. The fourth-order valence-corrected chi connectivity index (χ4v) is 2.68. The minimum atomic E-state index is 0.356. The number of benzene rings is 1. The van der Waals surface area contributed by atoms with Crippen LogP contribution in [0, 0.1) is 13.8 Å². The van der Waals surface area contributed by atoms with E-state index < -0.39 is 0 Å². The molecule has 0 bridgehead atoms. The molecule has 2 rings (SSSR count). The number of hydrogen-bond donors (Lipinski definition) is 1. The maximum atomic E-state index is 12.0. The summed E-state index contributed by atoms with van der Waals surface area (Å²) < 4.78 is 0. The number of hydrogen-bond acceptors (Lipinski definition) is 2. The van der Waals surface area contributed by atoms with Crippen molar-refractivity contribution in [2.75, 3.05) is 6.54 Å². The lowest BCUT2D eigenvalue weighted by atomic mass is 9.99. The van der Waals surface area contributed by atoms with Gasteiger partial charge in [0, 0.05) is 18.9 Å². The summed E-state index contributed by atoms with van der Waals surface area (Å²) in [6.07, 6.45) is 3.63. The van der Waals surface area contributed by atoms with E-state index in [1.54, 1.807) is 0 Å². The van der Waals surface area contributed by atoms with Gasteiger partial charge in [0.2, 0.25) is 0 Å². The number of aryl methyl sites for hydroxylation is 2. The molecule has 0 radical (unpaired) electrons. The second-order valence-electron chi connectivity index (χ2n) is 5.21. The van der Waals surface area contributed by atoms with E-state index in [2.05, 4.69) is 37.4 Å². The highest BCUT2D eigenvalue weighted by Gasteiger charge is 2.17. The van der Waals surface area contributed by atoms with Crippen LogP contribution in [0.15, 0.2) is 18.2 Å². The van der Waals surface area contributed by atoms with Gasteiger partial charge in [-0.2, -0.15) is 0 Å². The van der Waals surface area contributed by atoms with Gasteiger partial charge in [0.15, 0.2) is 0 Å². The molecule has 0 spiro atoms. The minimum Gasteiger partial charge on any atom is -0.314 e. The highest BCUT2D eigenvalue weighted by atomic mass is 16.1. The van der Waals surface area contributed by atoms with E-state index in [1.165, 1.54) is 17.5 Å². The average Bonchev–Trinajstić information content (AvgIpc) is 2.67. The molecule has 2 heteroatoms. The Labute approximate surface area is 103 Å². The van der Waals surface area contributed by atoms with Gasteiger partial charge in [0.25, 0.3) is 0 Å². The summed E-state index contributed by atoms with van der Waals surface area (Å²) in [7, 11) is 0. The first kappa shape index (κ1) is 12.3. The highest BCUT2D eigenvalue weighted by Crippen LogP contribution is 2.13. The van der Waals surface area contributed by atoms with Crippen molar-refractivity contribution in [3.63, 3.8) is 0 Å². The van der Waals surface area contributed by atoms with Crippen LogP contribution in [0.1, 0.15) is 36.0 Å². The van der Waals surface area contributed by atoms with Crippen molar-refractivity contribution in [2.45, 2.75) is 45.6 Å². The van der Waals surface area contributed by atoms with Crippen LogP contribution in [0.4, 0.5) is 0 Å². The average molecular weight is 231 g/mol. The lowest BCUT2D eigenvalue weighted by Gasteiger charge is -2.09. The molecule has 0 aromatic heterocycles. The third-order valence-electron chi connectivity index (χ3n) is 3.32. The molecule has 2 nitrogen and oxygen atoms in total. The molecule has 0 saturated carbocycles. The zero-order valence-corrected chi connectivity index (χ0v) is 10.8. The van der Waals surface area contributed by atoms with Gasteiger partial charge in [0.1, 0.15) is 5.78 Å². The van der Waals surface area contributed by atoms with Crippen LogP contribution in [0.2, 0.25) is 0 Å². The molecule has 1 saturated heterocycles. The Morgan fingerprint density at radius 3 is 2.59 bits per heavy atom. The summed E-state index contributed by atoms with van der Waals surface area (Å²) in [5.74, 6) is 0.356. The van der Waals surface area contributed by atoms with Crippen LogP contribution < -0.4 is 5.32 Å². The van der Waals surface area contributed by atoms with Gasteiger partial charge in [-0.15, -0.1) is 0 Å². The first-order valence-electron chi connectivity index (χ1n) is 6.46. The third kappa shape index (κ3) is 3.67. The molecule has 1 aliphatic rings. The quantitative estimate of drug-likeness (QED) is 0.863. The molecule has 1 aromatic carbocycles. The molecule has 92 valence electrons. The van der Waals surface area contributed by atoms with E-state index in [-0.39, 0.29) is 0 Å². The number of nitrogens with one attached hydrogen (secondary N) is 1. The number of rotatable bonds is 4. The predicted molar refractivity (Wildman–Crippen MR) is 70.3 cm³/mol. The largest absolute Gasteiger partial charge is 0.314 e. The molecule has 0 aliphatic carbocycles. The first-order chi connectivity index (χ1) is 8.13. The van der Waals surface area contributed by atoms with Gasteiger partial charge in [-0.05, 0) is 38.8 Å². The van der Waals surface area contributed by atoms with Gasteiger partial charge in [-0.3, -0.25) is 4.79 Å². The predicted octanol–water partition coefficient (Wildman–Crippen LogP) is 2.56. The van der Waals surface area contributed by atoms with Gasteiger partial charge < -0.3 is 5.32 Å². The number of ketones is 1. The Morgan fingerprint density at radius 2 is 2.00 bits per heavy atom. The van der Waals surface area contributed by atoms with E-state index in [4.69, 9.17) is 0 Å². The fraction of sp³-hybridized carbons (Fsp3) is 0.533. The Hall–Kier alpha value is -1.15. The minimum absolute atomic E-state index is 0.356. The highest BCUT2D eigenvalue weighted by molar-refractivity contribution is 5.81. The molecule has 0 amide bonds. The molecular formula is C15H21NO. The van der Waals surface area contributed by atoms with Crippen molar-refractivity contribution in [1.82, 2.24) is 5.32 Å². The molecule has 1 N–H and O–H groups in total. The fourth-order valence-electron chi connectivity index (χ4n) is 2.68. The van der Waals surface area contributed by atoms with Crippen molar-refractivity contribution >= 4 is 5.78 Å². The van der Waals surface area contributed by atoms with Gasteiger partial charge in [0.05, 0.1) is 0 Å². The molecule has 1 heterocycles. The van der Waals surface area contributed by atoms with Crippen molar-refractivity contribution < 1.29 is 4.79 Å². The van der Waals surface area contributed by atoms with Crippen LogP contribution in [0.3, 0.4) is 0 Å². The molecular weight excluding hydrogens is 210 g/mol. The van der Waals surface area contributed by atoms with Crippen LogP contribution in [-0.4, -0.2) is 18.4 Å². The van der Waals surface area contributed by atoms with E-state index in [1.807, 2.05) is 0 Å². The summed E-state index contributed by atoms with van der Waals surface area (Å²) in [5, 5.41) is 3.38. The van der Waals surface area contributed by atoms with E-state index in [0.717, 1.165) is 18.5 Å². The summed E-state index contributed by atoms with van der Waals surface area (Å²) in [6, 6.07) is 6.81. The topological polar surface area (TPSA) is 29.1 Å². The molecule has 1 aromatic rings. The molecule has 1 atom stereocenters. The first-order valence-corrected chi connectivity index (χ1v) is 6.46. The van der Waals surface area contributed by atoms with Crippen LogP contribution >= 0.6 is 0 Å². The number of Topliss-reactive ketones (excluding diaryl/α,β-unsaturated/α-hetero) is 1. The molecule has 1 aliphatic heterocycles. The van der Waals surface area contributed by atoms with Crippen LogP contribution in [0.5, 0.6) is 0 Å². The second kappa shape index (κ2) is 5.46. The SMILES string of the molecule is Cc1cc(C)cc(CC(=O)CC2CCCN2)c1. The zero-order valence-electron chi connectivity index (χ0n) is 10.8. The van der Waals surface area contributed by atoms with Gasteiger partial charge >= 0.3 is 0 Å². The number of carbonyl (C=O) groups is 1. The van der Waals surface area contributed by atoms with Gasteiger partial charge in [-0.1, -0.05) is 29.3 Å². The molecule has 1 unspecified atom stereocenters. The van der Waals surface area contributed by atoms with E-state index in [0.29, 0.717) is 24.7 Å². The summed E-state index contributed by atoms with van der Waals surface area (Å²) in [4.78, 5) is 12.0. The summed E-state index contributed by atoms with van der Waals surface area (Å²) in [5.41, 5.74) is 3.64. The monoisotopic (exact) mass is 231 g/mol. The van der Waals surface area contributed by atoms with Crippen LogP contribution in [0.25, 0.3) is 0 Å². The Morgan fingerprint density at radius 1 is 1.29 bits per heavy atom.